The highest BCUT2D eigenvalue weighted by Crippen LogP contribution is 2.38. The van der Waals surface area contributed by atoms with E-state index < -0.39 is 11.6 Å². The van der Waals surface area contributed by atoms with Crippen LogP contribution in [0.1, 0.15) is 38.8 Å². The van der Waals surface area contributed by atoms with Crippen molar-refractivity contribution in [1.29, 1.82) is 0 Å². The number of aryl methyl sites for hydroxylation is 1. The first-order valence-corrected chi connectivity index (χ1v) is 7.37. The summed E-state index contributed by atoms with van der Waals surface area (Å²) >= 11 is 0. The first-order chi connectivity index (χ1) is 10.1. The van der Waals surface area contributed by atoms with Crippen LogP contribution in [0, 0.1) is 18.6 Å². The van der Waals surface area contributed by atoms with Crippen LogP contribution in [0.25, 0.3) is 11.1 Å². The molecule has 0 amide bonds. The maximum Gasteiger partial charge on any atom is 0.159 e. The molecule has 3 heteroatoms. The Morgan fingerprint density at radius 3 is 2.14 bits per heavy atom. The molecule has 1 heterocycles. The van der Waals surface area contributed by atoms with Gasteiger partial charge in [-0.1, -0.05) is 39.8 Å². The smallest absolute Gasteiger partial charge is 0.159 e. The number of benzene rings is 2. The molecule has 0 aliphatic carbocycles. The van der Waals surface area contributed by atoms with Gasteiger partial charge in [0.25, 0.3) is 0 Å². The molecule has 3 rings (SSSR count). The summed E-state index contributed by atoms with van der Waals surface area (Å²) in [6.45, 7) is 10.2. The molecule has 0 unspecified atom stereocenters. The van der Waals surface area contributed by atoms with Crippen molar-refractivity contribution in [2.45, 2.75) is 41.2 Å². The predicted molar refractivity (Wildman–Crippen MR) is 83.6 cm³/mol. The van der Waals surface area contributed by atoms with Crippen molar-refractivity contribution >= 4 is 0 Å². The topological polar surface area (TPSA) is 9.23 Å². The lowest BCUT2D eigenvalue weighted by molar-refractivity contribution is 0.301. The zero-order valence-corrected chi connectivity index (χ0v) is 13.3. The van der Waals surface area contributed by atoms with E-state index >= 15 is 0 Å². The van der Waals surface area contributed by atoms with E-state index in [0.29, 0.717) is 11.1 Å². The van der Waals surface area contributed by atoms with E-state index in [1.165, 1.54) is 12.1 Å². The van der Waals surface area contributed by atoms with Crippen LogP contribution in [-0.2, 0) is 6.61 Å². The molecular weight excluding hydrogens is 270 g/mol. The summed E-state index contributed by atoms with van der Waals surface area (Å²) in [5.74, 6) is -0.927. The highest BCUT2D eigenvalue weighted by molar-refractivity contribution is 5.75. The van der Waals surface area contributed by atoms with Gasteiger partial charge in [-0.3, -0.25) is 0 Å². The highest BCUT2D eigenvalue weighted by atomic mass is 19.2. The van der Waals surface area contributed by atoms with E-state index in [1.54, 1.807) is 0 Å². The minimum Gasteiger partial charge on any atom is -0.488 e. The largest absolute Gasteiger partial charge is 0.488 e. The fraction of sp³-hybridized carbons (Fsp3) is 0.333. The molecule has 0 spiro atoms. The Bertz CT molecular complexity index is 606. The number of halogens is 2. The van der Waals surface area contributed by atoms with Crippen LogP contribution in [0.15, 0.2) is 30.3 Å². The lowest BCUT2D eigenvalue weighted by Crippen LogP contribution is -2.07. The predicted octanol–water partition coefficient (Wildman–Crippen LogP) is 5.89. The molecule has 1 aliphatic heterocycles. The van der Waals surface area contributed by atoms with E-state index in [0.717, 1.165) is 16.9 Å². The molecule has 2 aromatic rings. The molecule has 0 aromatic heterocycles. The van der Waals surface area contributed by atoms with Crippen LogP contribution in [0.4, 0.5) is 8.78 Å². The number of rotatable bonds is 0. The summed E-state index contributed by atoms with van der Waals surface area (Å²) in [7, 11) is 0. The minimum atomic E-state index is -0.831. The van der Waals surface area contributed by atoms with Crippen LogP contribution in [0.2, 0.25) is 0 Å². The quantitative estimate of drug-likeness (QED) is 0.588. The van der Waals surface area contributed by atoms with Crippen molar-refractivity contribution in [3.05, 3.63) is 53.1 Å². The van der Waals surface area contributed by atoms with E-state index in [2.05, 4.69) is 0 Å². The van der Waals surface area contributed by atoms with Crippen LogP contribution < -0.4 is 4.74 Å². The Labute approximate surface area is 125 Å². The normalized spacial score (nSPS) is 10.8. The van der Waals surface area contributed by atoms with Crippen LogP contribution in [0.3, 0.4) is 0 Å². The van der Waals surface area contributed by atoms with Crippen molar-refractivity contribution in [2.24, 2.45) is 0 Å². The van der Waals surface area contributed by atoms with E-state index in [9.17, 15) is 8.78 Å². The summed E-state index contributed by atoms with van der Waals surface area (Å²) in [5, 5.41) is 0. The van der Waals surface area contributed by atoms with Gasteiger partial charge in [-0.2, -0.15) is 0 Å². The Morgan fingerprint density at radius 1 is 0.857 bits per heavy atom. The summed E-state index contributed by atoms with van der Waals surface area (Å²) in [4.78, 5) is 0. The third-order valence-electron chi connectivity index (χ3n) is 2.96. The molecule has 2 aromatic carbocycles. The second kappa shape index (κ2) is 7.77. The average Bonchev–Trinajstić information content (AvgIpc) is 2.52. The molecule has 0 N–H and O–H groups in total. The van der Waals surface area contributed by atoms with Gasteiger partial charge in [0.05, 0.1) is 0 Å². The van der Waals surface area contributed by atoms with E-state index in [4.69, 9.17) is 4.74 Å². The summed E-state index contributed by atoms with van der Waals surface area (Å²) < 4.78 is 31.9. The lowest BCUT2D eigenvalue weighted by atomic mass is 9.96. The van der Waals surface area contributed by atoms with Crippen LogP contribution in [-0.4, -0.2) is 0 Å². The van der Waals surface area contributed by atoms with E-state index in [1.807, 2.05) is 52.8 Å². The number of hydrogen-bond donors (Lipinski definition) is 0. The summed E-state index contributed by atoms with van der Waals surface area (Å²) in [5.41, 5.74) is 3.29. The maximum atomic E-state index is 13.3. The lowest BCUT2D eigenvalue weighted by Gasteiger charge is -2.21. The molecular formula is C18H22F2O. The standard InChI is InChI=1S/C14H10F2O.2C2H6/c1-8-2-3-10-11-6-13(16)12(15)5-9(11)7-17-14(10)4-8;2*1-2/h2-6H,7H2,1H3;2*1-2H3. The Hall–Kier alpha value is -1.90. The highest BCUT2D eigenvalue weighted by Gasteiger charge is 2.19. The fourth-order valence-electron chi connectivity index (χ4n) is 2.09. The Morgan fingerprint density at radius 2 is 1.48 bits per heavy atom. The number of fused-ring (bicyclic) bond motifs is 3. The fourth-order valence-corrected chi connectivity index (χ4v) is 2.09. The zero-order valence-electron chi connectivity index (χ0n) is 13.3. The molecule has 0 saturated carbocycles. The second-order valence-electron chi connectivity index (χ2n) is 4.21. The average molecular weight is 292 g/mol. The minimum absolute atomic E-state index is 0.281. The Balaban J connectivity index is 0.000000510. The molecule has 21 heavy (non-hydrogen) atoms. The van der Waals surface area contributed by atoms with E-state index in [-0.39, 0.29) is 6.61 Å². The van der Waals surface area contributed by atoms with Gasteiger partial charge in [0.15, 0.2) is 11.6 Å². The van der Waals surface area contributed by atoms with Crippen molar-refractivity contribution in [1.82, 2.24) is 0 Å². The molecule has 0 saturated heterocycles. The van der Waals surface area contributed by atoms with Crippen molar-refractivity contribution in [2.75, 3.05) is 0 Å². The molecule has 1 nitrogen and oxygen atoms in total. The number of hydrogen-bond acceptors (Lipinski definition) is 1. The first kappa shape index (κ1) is 17.2. The second-order valence-corrected chi connectivity index (χ2v) is 4.21. The van der Waals surface area contributed by atoms with Gasteiger partial charge < -0.3 is 4.74 Å². The third kappa shape index (κ3) is 3.60. The maximum absolute atomic E-state index is 13.3. The Kier molecular flexibility index (Phi) is 6.35. The third-order valence-corrected chi connectivity index (χ3v) is 2.96. The first-order valence-electron chi connectivity index (χ1n) is 7.37. The van der Waals surface area contributed by atoms with Crippen LogP contribution in [0.5, 0.6) is 5.75 Å². The number of ether oxygens (including phenoxy) is 1. The van der Waals surface area contributed by atoms with Gasteiger partial charge in [-0.15, -0.1) is 0 Å². The van der Waals surface area contributed by atoms with Crippen LogP contribution >= 0.6 is 0 Å². The van der Waals surface area contributed by atoms with Gasteiger partial charge >= 0.3 is 0 Å². The molecule has 0 radical (unpaired) electrons. The molecule has 0 bridgehead atoms. The SMILES string of the molecule is CC.CC.Cc1ccc2c(c1)OCc1cc(F)c(F)cc1-2. The van der Waals surface area contributed by atoms with Gasteiger partial charge in [0, 0.05) is 11.1 Å². The van der Waals surface area contributed by atoms with Gasteiger partial charge in [-0.25, -0.2) is 8.78 Å². The zero-order chi connectivity index (χ0) is 16.0. The molecule has 0 atom stereocenters. The molecule has 1 aliphatic rings. The summed E-state index contributed by atoms with van der Waals surface area (Å²) in [6, 6.07) is 8.15. The monoisotopic (exact) mass is 292 g/mol. The van der Waals surface area contributed by atoms with Gasteiger partial charge in [0.1, 0.15) is 12.4 Å². The summed E-state index contributed by atoms with van der Waals surface area (Å²) in [6.07, 6.45) is 0. The van der Waals surface area contributed by atoms with Crippen molar-refractivity contribution < 1.29 is 13.5 Å². The van der Waals surface area contributed by atoms with Gasteiger partial charge in [0.2, 0.25) is 0 Å². The molecule has 0 fully saturated rings. The van der Waals surface area contributed by atoms with Gasteiger partial charge in [-0.05, 0) is 36.2 Å². The van der Waals surface area contributed by atoms with Crippen molar-refractivity contribution in [3.8, 4) is 16.9 Å². The molecule has 114 valence electrons. The van der Waals surface area contributed by atoms with Crippen molar-refractivity contribution in [3.63, 3.8) is 0 Å².